The minimum atomic E-state index is -1.46. The van der Waals surface area contributed by atoms with Crippen LogP contribution >= 0.6 is 0 Å². The molecule has 0 amide bonds. The van der Waals surface area contributed by atoms with Crippen molar-refractivity contribution in [3.05, 3.63) is 24.3 Å². The molecule has 0 aromatic carbocycles. The van der Waals surface area contributed by atoms with Crippen LogP contribution in [0.2, 0.25) is 0 Å². The minimum absolute atomic E-state index is 0.0804. The van der Waals surface area contributed by atoms with Crippen LogP contribution in [-0.2, 0) is 0 Å². The largest absolute Gasteiger partial charge is 0.393 e. The van der Waals surface area contributed by atoms with Gasteiger partial charge in [0.2, 0.25) is 0 Å². The molecule has 14 heavy (non-hydrogen) atoms. The Balaban J connectivity index is 3.04. The molecule has 0 saturated carbocycles. The van der Waals surface area contributed by atoms with Crippen LogP contribution in [0.25, 0.3) is 0 Å². The predicted molar refractivity (Wildman–Crippen MR) is 54.7 cm³/mol. The van der Waals surface area contributed by atoms with E-state index in [1.807, 2.05) is 38.2 Å². The topological polar surface area (TPSA) is 60.7 Å². The van der Waals surface area contributed by atoms with E-state index >= 15 is 0 Å². The van der Waals surface area contributed by atoms with E-state index in [9.17, 15) is 5.11 Å². The average molecular weight is 198 g/mol. The van der Waals surface area contributed by atoms with Crippen molar-refractivity contribution >= 4 is 0 Å². The summed E-state index contributed by atoms with van der Waals surface area (Å²) in [6.45, 7) is 2.91. The van der Waals surface area contributed by atoms with E-state index in [-0.39, 0.29) is 5.92 Å². The van der Waals surface area contributed by atoms with Gasteiger partial charge in [0.15, 0.2) is 0 Å². The van der Waals surface area contributed by atoms with Crippen LogP contribution in [0.1, 0.15) is 13.8 Å². The average Bonchev–Trinajstić information content (AvgIpc) is 2.21. The van der Waals surface area contributed by atoms with E-state index in [4.69, 9.17) is 10.2 Å². The van der Waals surface area contributed by atoms with Gasteiger partial charge in [-0.1, -0.05) is 38.2 Å². The Hall–Kier alpha value is -0.640. The van der Waals surface area contributed by atoms with E-state index in [1.54, 1.807) is 0 Å². The molecule has 1 aliphatic carbocycles. The maximum Gasteiger partial charge on any atom is 0.120 e. The van der Waals surface area contributed by atoms with Crippen molar-refractivity contribution in [2.45, 2.75) is 19.4 Å². The summed E-state index contributed by atoms with van der Waals surface area (Å²) in [4.78, 5) is 0. The second-order valence-electron chi connectivity index (χ2n) is 4.16. The number of hydrogen-bond acceptors (Lipinski definition) is 3. The lowest BCUT2D eigenvalue weighted by Gasteiger charge is -2.45. The second-order valence-corrected chi connectivity index (χ2v) is 4.16. The van der Waals surface area contributed by atoms with Gasteiger partial charge in [-0.25, -0.2) is 0 Å². The van der Waals surface area contributed by atoms with Crippen molar-refractivity contribution in [3.8, 4) is 0 Å². The molecule has 0 bridgehead atoms. The molecule has 0 fully saturated rings. The van der Waals surface area contributed by atoms with Gasteiger partial charge in [0.05, 0.1) is 13.2 Å². The van der Waals surface area contributed by atoms with Crippen LogP contribution < -0.4 is 0 Å². The first kappa shape index (κ1) is 11.4. The fraction of sp³-hybridized carbons (Fsp3) is 0.636. The van der Waals surface area contributed by atoms with Gasteiger partial charge in [0.25, 0.3) is 0 Å². The van der Waals surface area contributed by atoms with Crippen molar-refractivity contribution in [2.75, 3.05) is 13.2 Å². The van der Waals surface area contributed by atoms with E-state index in [2.05, 4.69) is 0 Å². The van der Waals surface area contributed by atoms with E-state index in [0.29, 0.717) is 0 Å². The summed E-state index contributed by atoms with van der Waals surface area (Å²) in [5.41, 5.74) is -2.08. The number of aliphatic hydroxyl groups excluding tert-OH is 2. The van der Waals surface area contributed by atoms with Crippen molar-refractivity contribution in [2.24, 2.45) is 11.3 Å². The van der Waals surface area contributed by atoms with Crippen LogP contribution in [0, 0.1) is 11.3 Å². The van der Waals surface area contributed by atoms with Crippen LogP contribution in [0.4, 0.5) is 0 Å². The molecule has 2 atom stereocenters. The second kappa shape index (κ2) is 3.85. The van der Waals surface area contributed by atoms with Gasteiger partial charge >= 0.3 is 0 Å². The molecule has 3 N–H and O–H groups in total. The van der Waals surface area contributed by atoms with Crippen molar-refractivity contribution in [3.63, 3.8) is 0 Å². The summed E-state index contributed by atoms with van der Waals surface area (Å²) >= 11 is 0. The highest BCUT2D eigenvalue weighted by molar-refractivity contribution is 5.23. The molecule has 0 radical (unpaired) electrons. The summed E-state index contributed by atoms with van der Waals surface area (Å²) in [6.07, 6.45) is 7.53. The van der Waals surface area contributed by atoms with Gasteiger partial charge < -0.3 is 15.3 Å². The first-order chi connectivity index (χ1) is 6.50. The van der Waals surface area contributed by atoms with Gasteiger partial charge in [-0.3, -0.25) is 0 Å². The normalized spacial score (nSPS) is 32.2. The van der Waals surface area contributed by atoms with Crippen molar-refractivity contribution < 1.29 is 15.3 Å². The smallest absolute Gasteiger partial charge is 0.120 e. The zero-order chi connectivity index (χ0) is 10.8. The van der Waals surface area contributed by atoms with Crippen LogP contribution in [0.3, 0.4) is 0 Å². The molecule has 1 rings (SSSR count). The highest BCUT2D eigenvalue weighted by Crippen LogP contribution is 2.42. The van der Waals surface area contributed by atoms with Gasteiger partial charge in [-0.05, 0) is 5.92 Å². The Bertz CT molecular complexity index is 253. The Kier molecular flexibility index (Phi) is 3.14. The molecular formula is C11H18O3. The third-order valence-corrected chi connectivity index (χ3v) is 3.43. The minimum Gasteiger partial charge on any atom is -0.393 e. The molecule has 0 aliphatic heterocycles. The third-order valence-electron chi connectivity index (χ3n) is 3.43. The lowest BCUT2D eigenvalue weighted by Crippen LogP contribution is -2.54. The Morgan fingerprint density at radius 3 is 2.29 bits per heavy atom. The zero-order valence-corrected chi connectivity index (χ0v) is 8.64. The van der Waals surface area contributed by atoms with E-state index in [0.717, 1.165) is 0 Å². The first-order valence-electron chi connectivity index (χ1n) is 4.80. The monoisotopic (exact) mass is 198 g/mol. The fourth-order valence-corrected chi connectivity index (χ4v) is 1.81. The summed E-state index contributed by atoms with van der Waals surface area (Å²) in [6, 6.07) is 0. The summed E-state index contributed by atoms with van der Waals surface area (Å²) in [5.74, 6) is 0.0804. The Morgan fingerprint density at radius 1 is 1.29 bits per heavy atom. The van der Waals surface area contributed by atoms with Crippen LogP contribution in [0.15, 0.2) is 24.3 Å². The number of aliphatic hydroxyl groups is 3. The molecule has 3 heteroatoms. The third kappa shape index (κ3) is 1.52. The van der Waals surface area contributed by atoms with Gasteiger partial charge in [-0.2, -0.15) is 0 Å². The maximum absolute atomic E-state index is 10.1. The number of hydrogen-bond donors (Lipinski definition) is 3. The van der Waals surface area contributed by atoms with Gasteiger partial charge in [0.1, 0.15) is 5.60 Å². The predicted octanol–water partition coefficient (Wildman–Crippen LogP) is 0.470. The van der Waals surface area contributed by atoms with Gasteiger partial charge in [-0.15, -0.1) is 0 Å². The van der Waals surface area contributed by atoms with Crippen LogP contribution in [-0.4, -0.2) is 34.1 Å². The SMILES string of the molecule is CC1C=CC=CC1(C)C(O)(CO)CO. The molecule has 80 valence electrons. The summed E-state index contributed by atoms with van der Waals surface area (Å²) in [5, 5.41) is 28.4. The quantitative estimate of drug-likeness (QED) is 0.618. The molecule has 0 saturated heterocycles. The molecule has 0 aromatic heterocycles. The molecule has 2 unspecified atom stereocenters. The van der Waals surface area contributed by atoms with Crippen molar-refractivity contribution in [1.82, 2.24) is 0 Å². The summed E-state index contributed by atoms with van der Waals surface area (Å²) < 4.78 is 0. The zero-order valence-electron chi connectivity index (χ0n) is 8.64. The highest BCUT2D eigenvalue weighted by Gasteiger charge is 2.47. The maximum atomic E-state index is 10.1. The highest BCUT2D eigenvalue weighted by atomic mass is 16.4. The first-order valence-corrected chi connectivity index (χ1v) is 4.80. The number of rotatable bonds is 3. The molecule has 3 nitrogen and oxygen atoms in total. The van der Waals surface area contributed by atoms with Crippen molar-refractivity contribution in [1.29, 1.82) is 0 Å². The lowest BCUT2D eigenvalue weighted by molar-refractivity contribution is -0.131. The van der Waals surface area contributed by atoms with E-state index in [1.165, 1.54) is 0 Å². The van der Waals surface area contributed by atoms with E-state index < -0.39 is 24.2 Å². The summed E-state index contributed by atoms with van der Waals surface area (Å²) in [7, 11) is 0. The molecule has 0 aromatic rings. The standard InChI is InChI=1S/C11H18O3/c1-9-5-3-4-6-10(9,2)11(14,7-12)8-13/h3-6,9,12-14H,7-8H2,1-2H3. The molecular weight excluding hydrogens is 180 g/mol. The molecule has 1 aliphatic rings. The van der Waals surface area contributed by atoms with Crippen LogP contribution in [0.5, 0.6) is 0 Å². The molecule has 0 spiro atoms. The Labute approximate surface area is 84.4 Å². The Morgan fingerprint density at radius 2 is 1.86 bits per heavy atom. The van der Waals surface area contributed by atoms with Gasteiger partial charge in [0, 0.05) is 5.41 Å². The lowest BCUT2D eigenvalue weighted by atomic mass is 9.64. The molecule has 0 heterocycles. The number of allylic oxidation sites excluding steroid dienone is 3. The fourth-order valence-electron chi connectivity index (χ4n) is 1.81.